The Kier molecular flexibility index (Phi) is 6.11. The normalized spacial score (nSPS) is 12.6. The van der Waals surface area contributed by atoms with Crippen molar-refractivity contribution in [3.05, 3.63) is 28.6 Å². The highest BCUT2D eigenvalue weighted by Gasteiger charge is 2.15. The van der Waals surface area contributed by atoms with Crippen LogP contribution in [-0.4, -0.2) is 35.4 Å². The minimum atomic E-state index is 0.0963. The topological polar surface area (TPSA) is 59.2 Å². The second-order valence-corrected chi connectivity index (χ2v) is 7.62. The van der Waals surface area contributed by atoms with Gasteiger partial charge in [-0.15, -0.1) is 22.7 Å². The molecule has 0 aliphatic heterocycles. The Hall–Kier alpha value is -1.24. The van der Waals surface area contributed by atoms with Gasteiger partial charge >= 0.3 is 0 Å². The summed E-state index contributed by atoms with van der Waals surface area (Å²) in [5.41, 5.74) is 6.87. The fourth-order valence-electron chi connectivity index (χ4n) is 1.99. The summed E-state index contributed by atoms with van der Waals surface area (Å²) in [6.07, 6.45) is 1.19. The Balaban J connectivity index is 1.86. The van der Waals surface area contributed by atoms with Crippen LogP contribution in [0.5, 0.6) is 0 Å². The summed E-state index contributed by atoms with van der Waals surface area (Å²) in [6.45, 7) is 4.90. The monoisotopic (exact) mass is 337 g/mol. The first-order valence-corrected chi connectivity index (χ1v) is 9.21. The van der Waals surface area contributed by atoms with E-state index in [1.54, 1.807) is 27.6 Å². The van der Waals surface area contributed by atoms with E-state index in [4.69, 9.17) is 5.73 Å². The van der Waals surface area contributed by atoms with E-state index in [1.807, 2.05) is 23.9 Å². The molecule has 0 bridgehead atoms. The lowest BCUT2D eigenvalue weighted by Crippen LogP contribution is -2.35. The second-order valence-electron chi connectivity index (χ2n) is 5.81. The van der Waals surface area contributed by atoms with Crippen molar-refractivity contribution < 1.29 is 4.79 Å². The Morgan fingerprint density at radius 3 is 2.82 bits per heavy atom. The van der Waals surface area contributed by atoms with Gasteiger partial charge in [0.15, 0.2) is 0 Å². The summed E-state index contributed by atoms with van der Waals surface area (Å²) >= 11 is 3.26. The van der Waals surface area contributed by atoms with Gasteiger partial charge in [-0.25, -0.2) is 4.98 Å². The van der Waals surface area contributed by atoms with Crippen LogP contribution >= 0.6 is 22.7 Å². The van der Waals surface area contributed by atoms with Crippen LogP contribution in [0, 0.1) is 5.92 Å². The third-order valence-corrected chi connectivity index (χ3v) is 5.63. The number of nitrogens with two attached hydrogens (primary N) is 1. The largest absolute Gasteiger partial charge is 0.345 e. The van der Waals surface area contributed by atoms with Crippen LogP contribution < -0.4 is 5.73 Å². The first kappa shape index (κ1) is 17.1. The Morgan fingerprint density at radius 1 is 1.41 bits per heavy atom. The standard InChI is InChI=1S/C16H23N3OS2/c1-11(2)13(17)6-7-19(3)15(20)9-12-10-22-16(18-12)14-5-4-8-21-14/h4-5,8,10-11,13H,6-7,9,17H2,1-3H3. The average Bonchev–Trinajstić information content (AvgIpc) is 3.14. The molecule has 0 aromatic carbocycles. The van der Waals surface area contributed by atoms with Gasteiger partial charge in [-0.2, -0.15) is 0 Å². The molecule has 120 valence electrons. The van der Waals surface area contributed by atoms with Gasteiger partial charge in [-0.1, -0.05) is 19.9 Å². The van der Waals surface area contributed by atoms with Gasteiger partial charge in [0.2, 0.25) is 5.91 Å². The minimum absolute atomic E-state index is 0.0963. The highest BCUT2D eigenvalue weighted by molar-refractivity contribution is 7.20. The van der Waals surface area contributed by atoms with Crippen molar-refractivity contribution in [1.29, 1.82) is 0 Å². The first-order valence-electron chi connectivity index (χ1n) is 7.45. The lowest BCUT2D eigenvalue weighted by atomic mass is 10.0. The number of thiazole rings is 1. The first-order chi connectivity index (χ1) is 10.5. The van der Waals surface area contributed by atoms with Crippen LogP contribution in [0.4, 0.5) is 0 Å². The molecule has 1 amide bonds. The number of carbonyl (C=O) groups is 1. The van der Waals surface area contributed by atoms with Gasteiger partial charge in [0.25, 0.3) is 0 Å². The quantitative estimate of drug-likeness (QED) is 0.844. The van der Waals surface area contributed by atoms with E-state index in [2.05, 4.69) is 24.9 Å². The van der Waals surface area contributed by atoms with Crippen LogP contribution in [0.25, 0.3) is 9.88 Å². The van der Waals surface area contributed by atoms with Crippen LogP contribution in [0.2, 0.25) is 0 Å². The number of thiophene rings is 1. The van der Waals surface area contributed by atoms with Crippen LogP contribution in [0.1, 0.15) is 26.0 Å². The predicted molar refractivity (Wildman–Crippen MR) is 94.2 cm³/mol. The van der Waals surface area contributed by atoms with E-state index in [0.717, 1.165) is 22.0 Å². The summed E-state index contributed by atoms with van der Waals surface area (Å²) in [5.74, 6) is 0.536. The molecule has 1 atom stereocenters. The summed E-state index contributed by atoms with van der Waals surface area (Å²) in [5, 5.41) is 5.00. The van der Waals surface area contributed by atoms with Crippen molar-refractivity contribution in [2.45, 2.75) is 32.7 Å². The number of carbonyl (C=O) groups excluding carboxylic acids is 1. The van der Waals surface area contributed by atoms with Gasteiger partial charge in [0, 0.05) is 25.0 Å². The number of rotatable bonds is 7. The second kappa shape index (κ2) is 7.85. The van der Waals surface area contributed by atoms with Crippen molar-refractivity contribution in [3.63, 3.8) is 0 Å². The smallest absolute Gasteiger partial charge is 0.228 e. The van der Waals surface area contributed by atoms with Gasteiger partial charge in [-0.05, 0) is 23.8 Å². The average molecular weight is 338 g/mol. The molecule has 22 heavy (non-hydrogen) atoms. The molecule has 0 spiro atoms. The van der Waals surface area contributed by atoms with Crippen LogP contribution in [0.15, 0.2) is 22.9 Å². The maximum Gasteiger partial charge on any atom is 0.228 e. The molecule has 0 fully saturated rings. The highest BCUT2D eigenvalue weighted by Crippen LogP contribution is 2.27. The lowest BCUT2D eigenvalue weighted by Gasteiger charge is -2.21. The molecule has 0 saturated carbocycles. The SMILES string of the molecule is CC(C)C(N)CCN(C)C(=O)Cc1csc(-c2cccs2)n1. The third-order valence-electron chi connectivity index (χ3n) is 3.70. The maximum absolute atomic E-state index is 12.2. The Morgan fingerprint density at radius 2 is 2.18 bits per heavy atom. The van der Waals surface area contributed by atoms with E-state index in [1.165, 1.54) is 0 Å². The molecule has 2 heterocycles. The van der Waals surface area contributed by atoms with Crippen LogP contribution in [0.3, 0.4) is 0 Å². The molecule has 2 N–H and O–H groups in total. The molecule has 0 aliphatic carbocycles. The summed E-state index contributed by atoms with van der Waals surface area (Å²) in [4.78, 5) is 19.7. The molecule has 6 heteroatoms. The molecule has 2 aromatic rings. The zero-order valence-electron chi connectivity index (χ0n) is 13.3. The maximum atomic E-state index is 12.2. The fourth-order valence-corrected chi connectivity index (χ4v) is 3.63. The van der Waals surface area contributed by atoms with Crippen LogP contribution in [-0.2, 0) is 11.2 Å². The van der Waals surface area contributed by atoms with Gasteiger partial charge in [0.1, 0.15) is 5.01 Å². The fraction of sp³-hybridized carbons (Fsp3) is 0.500. The highest BCUT2D eigenvalue weighted by atomic mass is 32.1. The van der Waals surface area contributed by atoms with Crippen molar-refractivity contribution in [1.82, 2.24) is 9.88 Å². The summed E-state index contributed by atoms with van der Waals surface area (Å²) in [6, 6.07) is 4.20. The third kappa shape index (κ3) is 4.63. The molecule has 0 saturated heterocycles. The molecule has 1 unspecified atom stereocenters. The van der Waals surface area contributed by atoms with E-state index >= 15 is 0 Å². The van der Waals surface area contributed by atoms with Crippen molar-refractivity contribution in [3.8, 4) is 9.88 Å². The number of hydrogen-bond donors (Lipinski definition) is 1. The lowest BCUT2D eigenvalue weighted by molar-refractivity contribution is -0.129. The summed E-state index contributed by atoms with van der Waals surface area (Å²) in [7, 11) is 1.84. The van der Waals surface area contributed by atoms with E-state index < -0.39 is 0 Å². The number of nitrogens with zero attached hydrogens (tertiary/aromatic N) is 2. The zero-order valence-corrected chi connectivity index (χ0v) is 14.9. The minimum Gasteiger partial charge on any atom is -0.345 e. The Bertz CT molecular complexity index is 592. The summed E-state index contributed by atoms with van der Waals surface area (Å²) < 4.78 is 0. The predicted octanol–water partition coefficient (Wildman–Crippen LogP) is 3.25. The number of amides is 1. The van der Waals surface area contributed by atoms with Crippen molar-refractivity contribution >= 4 is 28.6 Å². The Labute approximate surface area is 140 Å². The number of aromatic nitrogens is 1. The molecule has 4 nitrogen and oxygen atoms in total. The van der Waals surface area contributed by atoms with Gasteiger partial charge in [-0.3, -0.25) is 4.79 Å². The van der Waals surface area contributed by atoms with E-state index in [0.29, 0.717) is 18.9 Å². The molecular formula is C16H23N3OS2. The molecular weight excluding hydrogens is 314 g/mol. The molecule has 2 rings (SSSR count). The van der Waals surface area contributed by atoms with E-state index in [-0.39, 0.29) is 11.9 Å². The number of hydrogen-bond acceptors (Lipinski definition) is 5. The number of likely N-dealkylation sites (N-methyl/N-ethyl adjacent to an activating group) is 1. The van der Waals surface area contributed by atoms with Gasteiger partial charge in [0.05, 0.1) is 17.0 Å². The molecule has 0 aliphatic rings. The molecule has 0 radical (unpaired) electrons. The molecule has 2 aromatic heterocycles. The van der Waals surface area contributed by atoms with Gasteiger partial charge < -0.3 is 10.6 Å². The van der Waals surface area contributed by atoms with E-state index in [9.17, 15) is 4.79 Å². The zero-order chi connectivity index (χ0) is 16.1. The van der Waals surface area contributed by atoms with Crippen molar-refractivity contribution in [2.75, 3.05) is 13.6 Å². The van der Waals surface area contributed by atoms with Crippen molar-refractivity contribution in [2.24, 2.45) is 11.7 Å².